The van der Waals surface area contributed by atoms with Crippen LogP contribution in [0.25, 0.3) is 11.4 Å². The Balaban J connectivity index is 1.57. The fourth-order valence-corrected chi connectivity index (χ4v) is 3.38. The number of hydrogen-bond donors (Lipinski definition) is 0. The Labute approximate surface area is 162 Å². The molecule has 9 heteroatoms. The van der Waals surface area contributed by atoms with Gasteiger partial charge in [-0.15, -0.1) is 0 Å². The average Bonchev–Trinajstić information content (AvgIpc) is 3.28. The maximum absolute atomic E-state index is 13.3. The van der Waals surface area contributed by atoms with Crippen LogP contribution in [-0.2, 0) is 11.0 Å². The van der Waals surface area contributed by atoms with E-state index in [0.29, 0.717) is 11.3 Å². The molecule has 1 fully saturated rings. The van der Waals surface area contributed by atoms with Gasteiger partial charge in [0.15, 0.2) is 0 Å². The quantitative estimate of drug-likeness (QED) is 0.592. The van der Waals surface area contributed by atoms with Crippen molar-refractivity contribution >= 4 is 11.6 Å². The number of rotatable bonds is 3. The van der Waals surface area contributed by atoms with E-state index < -0.39 is 23.5 Å². The van der Waals surface area contributed by atoms with E-state index in [0.717, 1.165) is 12.1 Å². The van der Waals surface area contributed by atoms with Gasteiger partial charge in [-0.3, -0.25) is 4.79 Å². The van der Waals surface area contributed by atoms with Crippen LogP contribution < -0.4 is 4.90 Å². The molecule has 3 aromatic rings. The lowest BCUT2D eigenvalue weighted by molar-refractivity contribution is -0.137. The van der Waals surface area contributed by atoms with Gasteiger partial charge in [0.2, 0.25) is 17.6 Å². The highest BCUT2D eigenvalue weighted by atomic mass is 19.4. The molecule has 0 saturated carbocycles. The van der Waals surface area contributed by atoms with Crippen LogP contribution in [0.5, 0.6) is 0 Å². The zero-order chi connectivity index (χ0) is 20.8. The molecule has 1 amide bonds. The zero-order valence-corrected chi connectivity index (χ0v) is 15.2. The number of amides is 1. The summed E-state index contributed by atoms with van der Waals surface area (Å²) in [4.78, 5) is 18.2. The van der Waals surface area contributed by atoms with Gasteiger partial charge in [0.05, 0.1) is 11.5 Å². The molecule has 1 aromatic heterocycles. The van der Waals surface area contributed by atoms with E-state index in [1.165, 1.54) is 35.2 Å². The number of hydrogen-bond acceptors (Lipinski definition) is 4. The van der Waals surface area contributed by atoms with Gasteiger partial charge in [-0.25, -0.2) is 4.39 Å². The van der Waals surface area contributed by atoms with Crippen LogP contribution >= 0.6 is 0 Å². The lowest BCUT2D eigenvalue weighted by Crippen LogP contribution is -2.25. The van der Waals surface area contributed by atoms with Crippen molar-refractivity contribution in [3.63, 3.8) is 0 Å². The zero-order valence-electron chi connectivity index (χ0n) is 15.2. The second-order valence-corrected chi connectivity index (χ2v) is 6.87. The summed E-state index contributed by atoms with van der Waals surface area (Å²) in [6.07, 6.45) is -4.37. The molecule has 150 valence electrons. The molecule has 1 aliphatic heterocycles. The molecule has 1 atom stereocenters. The van der Waals surface area contributed by atoms with Crippen molar-refractivity contribution in [3.05, 3.63) is 65.3 Å². The van der Waals surface area contributed by atoms with E-state index in [1.54, 1.807) is 6.92 Å². The highest BCUT2D eigenvalue weighted by Gasteiger charge is 2.36. The monoisotopic (exact) mass is 405 g/mol. The van der Waals surface area contributed by atoms with Crippen molar-refractivity contribution in [2.45, 2.75) is 25.4 Å². The molecule has 1 unspecified atom stereocenters. The lowest BCUT2D eigenvalue weighted by Gasteiger charge is -2.18. The molecule has 4 rings (SSSR count). The maximum atomic E-state index is 13.3. The number of nitrogens with zero attached hydrogens (tertiary/aromatic N) is 3. The smallest absolute Gasteiger partial charge is 0.339 e. The largest absolute Gasteiger partial charge is 0.416 e. The summed E-state index contributed by atoms with van der Waals surface area (Å²) in [5.74, 6) is -0.775. The van der Waals surface area contributed by atoms with Crippen LogP contribution in [0.15, 0.2) is 47.0 Å². The van der Waals surface area contributed by atoms with Crippen LogP contribution in [0.3, 0.4) is 0 Å². The minimum Gasteiger partial charge on any atom is -0.339 e. The molecule has 0 radical (unpaired) electrons. The van der Waals surface area contributed by atoms with Crippen LogP contribution in [-0.4, -0.2) is 22.6 Å². The number of benzene rings is 2. The molecular formula is C20H15F4N3O2. The standard InChI is InChI=1S/C20H15F4N3O2/c1-11-7-15(21)5-6-16(11)27-10-13(9-17(27)28)19-25-18(26-29-19)12-3-2-4-14(8-12)20(22,23)24/h2-8,13H,9-10H2,1H3. The van der Waals surface area contributed by atoms with E-state index in [2.05, 4.69) is 10.1 Å². The predicted octanol–water partition coefficient (Wildman–Crippen LogP) is 4.72. The van der Waals surface area contributed by atoms with Crippen molar-refractivity contribution in [2.75, 3.05) is 11.4 Å². The maximum Gasteiger partial charge on any atom is 0.416 e. The number of aromatic nitrogens is 2. The van der Waals surface area contributed by atoms with Crippen molar-refractivity contribution in [1.29, 1.82) is 0 Å². The first-order valence-corrected chi connectivity index (χ1v) is 8.80. The normalized spacial score (nSPS) is 17.2. The summed E-state index contributed by atoms with van der Waals surface area (Å²) < 4.78 is 57.3. The van der Waals surface area contributed by atoms with Crippen LogP contribution in [0.4, 0.5) is 23.2 Å². The van der Waals surface area contributed by atoms with Crippen LogP contribution in [0.2, 0.25) is 0 Å². The number of carbonyl (C=O) groups excluding carboxylic acids is 1. The molecule has 0 aliphatic carbocycles. The van der Waals surface area contributed by atoms with Crippen molar-refractivity contribution in [3.8, 4) is 11.4 Å². The second-order valence-electron chi connectivity index (χ2n) is 6.87. The predicted molar refractivity (Wildman–Crippen MR) is 95.6 cm³/mol. The summed E-state index contributed by atoms with van der Waals surface area (Å²) in [5.41, 5.74) is 0.575. The molecule has 1 aliphatic rings. The third kappa shape index (κ3) is 3.72. The molecular weight excluding hydrogens is 390 g/mol. The van der Waals surface area contributed by atoms with E-state index in [1.807, 2.05) is 0 Å². The highest BCUT2D eigenvalue weighted by molar-refractivity contribution is 5.97. The molecule has 29 heavy (non-hydrogen) atoms. The van der Waals surface area contributed by atoms with E-state index in [4.69, 9.17) is 4.52 Å². The Morgan fingerprint density at radius 2 is 1.97 bits per heavy atom. The minimum atomic E-state index is -4.48. The molecule has 0 bridgehead atoms. The third-order valence-electron chi connectivity index (χ3n) is 4.81. The minimum absolute atomic E-state index is 0.0231. The van der Waals surface area contributed by atoms with E-state index in [-0.39, 0.29) is 36.2 Å². The molecule has 1 saturated heterocycles. The van der Waals surface area contributed by atoms with E-state index in [9.17, 15) is 22.4 Å². The number of carbonyl (C=O) groups is 1. The van der Waals surface area contributed by atoms with Crippen LogP contribution in [0, 0.1) is 12.7 Å². The molecule has 2 heterocycles. The fraction of sp³-hybridized carbons (Fsp3) is 0.250. The van der Waals surface area contributed by atoms with E-state index >= 15 is 0 Å². The lowest BCUT2D eigenvalue weighted by atomic mass is 10.1. The van der Waals surface area contributed by atoms with Gasteiger partial charge in [0.1, 0.15) is 5.82 Å². The molecule has 0 N–H and O–H groups in total. The summed E-state index contributed by atoms with van der Waals surface area (Å²) in [6, 6.07) is 8.79. The SMILES string of the molecule is Cc1cc(F)ccc1N1CC(c2nc(-c3cccc(C(F)(F)F)c3)no2)CC1=O. The number of halogens is 4. The van der Waals surface area contributed by atoms with Gasteiger partial charge >= 0.3 is 6.18 Å². The Bertz CT molecular complexity index is 1080. The molecule has 2 aromatic carbocycles. The number of aryl methyl sites for hydroxylation is 1. The summed E-state index contributed by atoms with van der Waals surface area (Å²) in [7, 11) is 0. The van der Waals surface area contributed by atoms with Crippen molar-refractivity contribution in [1.82, 2.24) is 10.1 Å². The highest BCUT2D eigenvalue weighted by Crippen LogP contribution is 2.35. The molecule has 0 spiro atoms. The van der Waals surface area contributed by atoms with Crippen LogP contribution in [0.1, 0.15) is 29.4 Å². The van der Waals surface area contributed by atoms with Gasteiger partial charge in [-0.05, 0) is 42.8 Å². The van der Waals surface area contributed by atoms with Crippen molar-refractivity contribution < 1.29 is 26.9 Å². The second kappa shape index (κ2) is 6.98. The Kier molecular flexibility index (Phi) is 4.60. The summed E-state index contributed by atoms with van der Waals surface area (Å²) in [5, 5.41) is 3.77. The van der Waals surface area contributed by atoms with Crippen molar-refractivity contribution in [2.24, 2.45) is 0 Å². The molecule has 5 nitrogen and oxygen atoms in total. The summed E-state index contributed by atoms with van der Waals surface area (Å²) >= 11 is 0. The average molecular weight is 405 g/mol. The van der Waals surface area contributed by atoms with Gasteiger partial charge in [-0.2, -0.15) is 18.2 Å². The first-order valence-electron chi connectivity index (χ1n) is 8.80. The summed E-state index contributed by atoms with van der Waals surface area (Å²) in [6.45, 7) is 1.97. The number of anilines is 1. The Morgan fingerprint density at radius 1 is 1.17 bits per heavy atom. The van der Waals surface area contributed by atoms with Gasteiger partial charge < -0.3 is 9.42 Å². The fourth-order valence-electron chi connectivity index (χ4n) is 3.38. The van der Waals surface area contributed by atoms with Gasteiger partial charge in [0, 0.05) is 24.2 Å². The first-order chi connectivity index (χ1) is 13.7. The first kappa shape index (κ1) is 19.1. The Morgan fingerprint density at radius 3 is 2.69 bits per heavy atom. The third-order valence-corrected chi connectivity index (χ3v) is 4.81. The number of alkyl halides is 3. The Hall–Kier alpha value is -3.23. The van der Waals surface area contributed by atoms with Gasteiger partial charge in [-0.1, -0.05) is 17.3 Å². The van der Waals surface area contributed by atoms with Gasteiger partial charge in [0.25, 0.3) is 0 Å². The topological polar surface area (TPSA) is 59.2 Å².